The van der Waals surface area contributed by atoms with E-state index in [0.29, 0.717) is 18.4 Å². The molecule has 0 unspecified atom stereocenters. The molecule has 0 amide bonds. The first-order valence-electron chi connectivity index (χ1n) is 8.36. The molecule has 1 fully saturated rings. The van der Waals surface area contributed by atoms with E-state index >= 15 is 0 Å². The van der Waals surface area contributed by atoms with Crippen LogP contribution in [0.25, 0.3) is 0 Å². The van der Waals surface area contributed by atoms with E-state index < -0.39 is 0 Å². The first-order chi connectivity index (χ1) is 11.7. The Balaban J connectivity index is 0.00000225. The van der Waals surface area contributed by atoms with Gasteiger partial charge in [0.15, 0.2) is 0 Å². The molecule has 1 saturated heterocycles. The quantitative estimate of drug-likeness (QED) is 0.785. The summed E-state index contributed by atoms with van der Waals surface area (Å²) in [5.74, 6) is 2.28. The fourth-order valence-corrected chi connectivity index (χ4v) is 3.41. The second-order valence-electron chi connectivity index (χ2n) is 6.46. The van der Waals surface area contributed by atoms with E-state index in [4.69, 9.17) is 9.47 Å². The molecule has 0 aliphatic carbocycles. The minimum Gasteiger partial charge on any atom is -0.497 e. The topological polar surface area (TPSA) is 21.7 Å². The van der Waals surface area contributed by atoms with Gasteiger partial charge in [-0.05, 0) is 67.9 Å². The van der Waals surface area contributed by atoms with Crippen molar-refractivity contribution in [1.82, 2.24) is 4.90 Å². The maximum Gasteiger partial charge on any atom is 0.123 e. The third-order valence-electron chi connectivity index (χ3n) is 4.76. The zero-order valence-electron chi connectivity index (χ0n) is 14.7. The first-order valence-corrected chi connectivity index (χ1v) is 8.36. The van der Waals surface area contributed by atoms with Crippen molar-refractivity contribution < 1.29 is 13.9 Å². The molecule has 3 nitrogen and oxygen atoms in total. The third kappa shape index (κ3) is 5.10. The lowest BCUT2D eigenvalue weighted by molar-refractivity contribution is 0.129. The van der Waals surface area contributed by atoms with Gasteiger partial charge in [-0.2, -0.15) is 0 Å². The maximum absolute atomic E-state index is 13.2. The molecule has 1 heterocycles. The fourth-order valence-electron chi connectivity index (χ4n) is 3.41. The summed E-state index contributed by atoms with van der Waals surface area (Å²) < 4.78 is 24.4. The number of methoxy groups -OCH3 is 1. The number of benzene rings is 2. The molecule has 5 heteroatoms. The smallest absolute Gasteiger partial charge is 0.123 e. The van der Waals surface area contributed by atoms with Gasteiger partial charge in [-0.15, -0.1) is 12.4 Å². The SMILES string of the molecule is COc1ccc(OC[C@H]2CN(C)CC[C@@H]2c2ccc(F)cc2)cc1.Cl. The number of rotatable bonds is 5. The van der Waals surface area contributed by atoms with Crippen LogP contribution in [0.2, 0.25) is 0 Å². The highest BCUT2D eigenvalue weighted by Crippen LogP contribution is 2.33. The van der Waals surface area contributed by atoms with Crippen LogP contribution in [0.1, 0.15) is 17.9 Å². The molecule has 0 bridgehead atoms. The maximum atomic E-state index is 13.2. The molecule has 25 heavy (non-hydrogen) atoms. The summed E-state index contributed by atoms with van der Waals surface area (Å²) in [7, 11) is 3.79. The van der Waals surface area contributed by atoms with Gasteiger partial charge in [-0.3, -0.25) is 0 Å². The molecular formula is C20H25ClFNO2. The zero-order chi connectivity index (χ0) is 16.9. The summed E-state index contributed by atoms with van der Waals surface area (Å²) >= 11 is 0. The van der Waals surface area contributed by atoms with Gasteiger partial charge in [-0.1, -0.05) is 12.1 Å². The minimum absolute atomic E-state index is 0. The third-order valence-corrected chi connectivity index (χ3v) is 4.76. The predicted molar refractivity (Wildman–Crippen MR) is 100 cm³/mol. The van der Waals surface area contributed by atoms with Crippen LogP contribution in [-0.2, 0) is 0 Å². The van der Waals surface area contributed by atoms with Crippen LogP contribution < -0.4 is 9.47 Å². The lowest BCUT2D eigenvalue weighted by atomic mass is 9.81. The van der Waals surface area contributed by atoms with Crippen LogP contribution in [0.5, 0.6) is 11.5 Å². The number of hydrogen-bond donors (Lipinski definition) is 0. The molecular weight excluding hydrogens is 341 g/mol. The van der Waals surface area contributed by atoms with Crippen molar-refractivity contribution in [2.45, 2.75) is 12.3 Å². The average Bonchev–Trinajstić information content (AvgIpc) is 2.61. The molecule has 0 N–H and O–H groups in total. The Hall–Kier alpha value is -1.78. The lowest BCUT2D eigenvalue weighted by Gasteiger charge is -2.37. The van der Waals surface area contributed by atoms with Crippen molar-refractivity contribution in [2.24, 2.45) is 5.92 Å². The van der Waals surface area contributed by atoms with Crippen LogP contribution in [-0.4, -0.2) is 38.8 Å². The molecule has 1 aliphatic rings. The zero-order valence-corrected chi connectivity index (χ0v) is 15.5. The van der Waals surface area contributed by atoms with E-state index in [9.17, 15) is 4.39 Å². The van der Waals surface area contributed by atoms with Crippen molar-refractivity contribution >= 4 is 12.4 Å². The second kappa shape index (κ2) is 9.07. The Morgan fingerprint density at radius 3 is 2.32 bits per heavy atom. The van der Waals surface area contributed by atoms with Gasteiger partial charge in [0.25, 0.3) is 0 Å². The molecule has 0 spiro atoms. The fraction of sp³-hybridized carbons (Fsp3) is 0.400. The summed E-state index contributed by atoms with van der Waals surface area (Å²) in [4.78, 5) is 2.34. The monoisotopic (exact) mass is 365 g/mol. The molecule has 2 atom stereocenters. The van der Waals surface area contributed by atoms with Gasteiger partial charge >= 0.3 is 0 Å². The Bertz CT molecular complexity index is 648. The van der Waals surface area contributed by atoms with Gasteiger partial charge in [0, 0.05) is 12.5 Å². The van der Waals surface area contributed by atoms with Crippen LogP contribution in [0.3, 0.4) is 0 Å². The van der Waals surface area contributed by atoms with Gasteiger partial charge in [0.1, 0.15) is 17.3 Å². The van der Waals surface area contributed by atoms with Crippen molar-refractivity contribution in [3.63, 3.8) is 0 Å². The highest BCUT2D eigenvalue weighted by Gasteiger charge is 2.29. The number of hydrogen-bond acceptors (Lipinski definition) is 3. The second-order valence-corrected chi connectivity index (χ2v) is 6.46. The molecule has 3 rings (SSSR count). The van der Waals surface area contributed by atoms with Crippen molar-refractivity contribution in [1.29, 1.82) is 0 Å². The largest absolute Gasteiger partial charge is 0.497 e. The number of likely N-dealkylation sites (tertiary alicyclic amines) is 1. The molecule has 0 saturated carbocycles. The van der Waals surface area contributed by atoms with Gasteiger partial charge in [0.05, 0.1) is 13.7 Å². The van der Waals surface area contributed by atoms with Crippen LogP contribution in [0.4, 0.5) is 4.39 Å². The summed E-state index contributed by atoms with van der Waals surface area (Å²) in [6, 6.07) is 14.6. The number of halogens is 2. The summed E-state index contributed by atoms with van der Waals surface area (Å²) in [6.07, 6.45) is 1.07. The van der Waals surface area contributed by atoms with Gasteiger partial charge < -0.3 is 14.4 Å². The Kier molecular flexibility index (Phi) is 7.09. The molecule has 0 aromatic heterocycles. The highest BCUT2D eigenvalue weighted by atomic mass is 35.5. The Morgan fingerprint density at radius 1 is 1.04 bits per heavy atom. The van der Waals surface area contributed by atoms with Crippen molar-refractivity contribution in [2.75, 3.05) is 33.9 Å². The predicted octanol–water partition coefficient (Wildman–Crippen LogP) is 4.37. The van der Waals surface area contributed by atoms with Crippen LogP contribution >= 0.6 is 12.4 Å². The Labute approximate surface area is 155 Å². The Morgan fingerprint density at radius 2 is 1.68 bits per heavy atom. The van der Waals surface area contributed by atoms with E-state index in [0.717, 1.165) is 31.0 Å². The molecule has 1 aliphatic heterocycles. The minimum atomic E-state index is -0.183. The summed E-state index contributed by atoms with van der Waals surface area (Å²) in [6.45, 7) is 2.69. The van der Waals surface area contributed by atoms with E-state index in [1.807, 2.05) is 36.4 Å². The van der Waals surface area contributed by atoms with Crippen molar-refractivity contribution in [3.05, 3.63) is 59.9 Å². The van der Waals surface area contributed by atoms with E-state index in [-0.39, 0.29) is 18.2 Å². The van der Waals surface area contributed by atoms with Gasteiger partial charge in [0.2, 0.25) is 0 Å². The van der Waals surface area contributed by atoms with Crippen LogP contribution in [0.15, 0.2) is 48.5 Å². The van der Waals surface area contributed by atoms with Crippen LogP contribution in [0, 0.1) is 11.7 Å². The van der Waals surface area contributed by atoms with E-state index in [2.05, 4.69) is 11.9 Å². The van der Waals surface area contributed by atoms with E-state index in [1.54, 1.807) is 19.2 Å². The molecule has 2 aromatic rings. The van der Waals surface area contributed by atoms with Gasteiger partial charge in [-0.25, -0.2) is 4.39 Å². The number of ether oxygens (including phenoxy) is 2. The normalized spacial score (nSPS) is 20.6. The summed E-state index contributed by atoms with van der Waals surface area (Å²) in [5.41, 5.74) is 1.20. The standard InChI is InChI=1S/C20H24FNO2.ClH/c1-22-12-11-20(15-3-5-17(21)6-4-15)16(13-22)14-24-19-9-7-18(23-2)8-10-19;/h3-10,16,20H,11-14H2,1-2H3;1H/t16-,20-;/m1./s1. The first kappa shape index (κ1) is 19.5. The average molecular weight is 366 g/mol. The summed E-state index contributed by atoms with van der Waals surface area (Å²) in [5, 5.41) is 0. The number of nitrogens with zero attached hydrogens (tertiary/aromatic N) is 1. The molecule has 0 radical (unpaired) electrons. The highest BCUT2D eigenvalue weighted by molar-refractivity contribution is 5.85. The van der Waals surface area contributed by atoms with E-state index in [1.165, 1.54) is 5.56 Å². The lowest BCUT2D eigenvalue weighted by Crippen LogP contribution is -2.39. The number of piperidine rings is 1. The van der Waals surface area contributed by atoms with Crippen molar-refractivity contribution in [3.8, 4) is 11.5 Å². The molecule has 2 aromatic carbocycles. The molecule has 136 valence electrons.